The van der Waals surface area contributed by atoms with Gasteiger partial charge in [0.15, 0.2) is 6.20 Å². The molecule has 8 nitrogen and oxygen atoms in total. The summed E-state index contributed by atoms with van der Waals surface area (Å²) in [6.45, 7) is 10.6. The second-order valence-corrected chi connectivity index (χ2v) is 7.11. The number of pyridine rings is 1. The first-order valence-corrected chi connectivity index (χ1v) is 7.95. The maximum Gasteiger partial charge on any atom is 0.410 e. The molecule has 0 spiro atoms. The molecule has 1 fully saturated rings. The van der Waals surface area contributed by atoms with E-state index in [1.165, 1.54) is 12.3 Å². The zero-order valence-electron chi connectivity index (χ0n) is 14.7. The number of piperazine rings is 1. The summed E-state index contributed by atoms with van der Waals surface area (Å²) in [5, 5.41) is 10.7. The summed E-state index contributed by atoms with van der Waals surface area (Å²) in [5.74, 6) is -0.174. The van der Waals surface area contributed by atoms with Crippen LogP contribution >= 0.6 is 0 Å². The van der Waals surface area contributed by atoms with E-state index in [0.29, 0.717) is 13.1 Å². The highest BCUT2D eigenvalue weighted by Crippen LogP contribution is 2.25. The highest BCUT2D eigenvalue weighted by molar-refractivity contribution is 5.69. The maximum absolute atomic E-state index is 12.3. The summed E-state index contributed by atoms with van der Waals surface area (Å²) in [6, 6.07) is 3.10. The molecule has 1 aliphatic heterocycles. The van der Waals surface area contributed by atoms with Crippen LogP contribution in [0.1, 0.15) is 34.6 Å². The molecular weight excluding hydrogens is 312 g/mol. The van der Waals surface area contributed by atoms with Crippen molar-refractivity contribution in [3.8, 4) is 0 Å². The topological polar surface area (TPSA) is 88.8 Å². The molecule has 1 unspecified atom stereocenters. The minimum absolute atomic E-state index is 0.0359. The van der Waals surface area contributed by atoms with Gasteiger partial charge in [0.2, 0.25) is 0 Å². The molecule has 24 heavy (non-hydrogen) atoms. The molecule has 0 aromatic carbocycles. The van der Waals surface area contributed by atoms with Crippen LogP contribution in [0.2, 0.25) is 0 Å². The molecule has 2 atom stereocenters. The number of hydrogen-bond acceptors (Lipinski definition) is 6. The van der Waals surface area contributed by atoms with Gasteiger partial charge in [-0.05, 0) is 50.6 Å². The molecule has 0 aliphatic carbocycles. The number of amides is 1. The van der Waals surface area contributed by atoms with E-state index in [1.807, 2.05) is 34.6 Å². The van der Waals surface area contributed by atoms with E-state index < -0.39 is 10.5 Å². The maximum atomic E-state index is 12.3. The Bertz CT molecular complexity index is 611. The van der Waals surface area contributed by atoms with E-state index in [4.69, 9.17) is 4.74 Å². The smallest absolute Gasteiger partial charge is 0.410 e. The zero-order valence-corrected chi connectivity index (χ0v) is 14.7. The number of ether oxygens (including phenoxy) is 1. The number of aromatic nitrogens is 1. The van der Waals surface area contributed by atoms with Gasteiger partial charge in [0.05, 0.1) is 5.69 Å². The number of hydrogen-bond donors (Lipinski definition) is 0. The lowest BCUT2D eigenvalue weighted by Crippen LogP contribution is -2.59. The number of nitrogens with zero attached hydrogens (tertiary/aromatic N) is 4. The first-order chi connectivity index (χ1) is 11.1. The fraction of sp³-hybridized carbons (Fsp3) is 0.625. The molecule has 0 bridgehead atoms. The molecule has 1 amide bonds. The SMILES string of the molecule is CC1CN(c2ccc([N+](=O)[O-])nc2)[C@H](C)CN1C(=O)OC(C)(C)C. The summed E-state index contributed by atoms with van der Waals surface area (Å²) in [5.41, 5.74) is 0.281. The van der Waals surface area contributed by atoms with Crippen molar-refractivity contribution in [2.75, 3.05) is 18.0 Å². The van der Waals surface area contributed by atoms with Crippen molar-refractivity contribution in [2.24, 2.45) is 0 Å². The third-order valence-corrected chi connectivity index (χ3v) is 3.86. The molecular formula is C16H24N4O4. The van der Waals surface area contributed by atoms with Gasteiger partial charge >= 0.3 is 11.9 Å². The molecule has 1 aliphatic rings. The van der Waals surface area contributed by atoms with Gasteiger partial charge in [-0.3, -0.25) is 0 Å². The third-order valence-electron chi connectivity index (χ3n) is 3.86. The van der Waals surface area contributed by atoms with Crippen LogP contribution in [0, 0.1) is 10.1 Å². The normalized spacial score (nSPS) is 21.5. The Labute approximate surface area is 141 Å². The number of carbonyl (C=O) groups excluding carboxylic acids is 1. The monoisotopic (exact) mass is 336 g/mol. The minimum atomic E-state index is -0.528. The average molecular weight is 336 g/mol. The van der Waals surface area contributed by atoms with E-state index in [1.54, 1.807) is 11.0 Å². The molecule has 1 aromatic heterocycles. The van der Waals surface area contributed by atoms with Gasteiger partial charge in [0.25, 0.3) is 0 Å². The second-order valence-electron chi connectivity index (χ2n) is 7.11. The fourth-order valence-electron chi connectivity index (χ4n) is 2.72. The van der Waals surface area contributed by atoms with Gasteiger partial charge in [-0.25, -0.2) is 4.79 Å². The summed E-state index contributed by atoms with van der Waals surface area (Å²) >= 11 is 0. The van der Waals surface area contributed by atoms with Crippen LogP contribution in [0.4, 0.5) is 16.3 Å². The van der Waals surface area contributed by atoms with E-state index in [9.17, 15) is 14.9 Å². The third kappa shape index (κ3) is 4.12. The van der Waals surface area contributed by atoms with Gasteiger partial charge in [0.1, 0.15) is 5.60 Å². The fourth-order valence-corrected chi connectivity index (χ4v) is 2.72. The molecule has 1 aromatic rings. The van der Waals surface area contributed by atoms with Crippen LogP contribution in [0.15, 0.2) is 18.3 Å². The molecule has 0 saturated carbocycles. The summed E-state index contributed by atoms with van der Waals surface area (Å²) < 4.78 is 5.46. The van der Waals surface area contributed by atoms with Crippen molar-refractivity contribution in [3.05, 3.63) is 28.4 Å². The van der Waals surface area contributed by atoms with Crippen LogP contribution in [0.3, 0.4) is 0 Å². The van der Waals surface area contributed by atoms with Crippen LogP contribution in [0.5, 0.6) is 0 Å². The van der Waals surface area contributed by atoms with E-state index in [0.717, 1.165) is 5.69 Å². The van der Waals surface area contributed by atoms with Crippen molar-refractivity contribution in [3.63, 3.8) is 0 Å². The highest BCUT2D eigenvalue weighted by atomic mass is 16.6. The van der Waals surface area contributed by atoms with Gasteiger partial charge in [0, 0.05) is 31.2 Å². The van der Waals surface area contributed by atoms with Crippen molar-refractivity contribution < 1.29 is 14.5 Å². The van der Waals surface area contributed by atoms with Gasteiger partial charge < -0.3 is 24.7 Å². The van der Waals surface area contributed by atoms with Gasteiger partial charge in [-0.1, -0.05) is 0 Å². The number of anilines is 1. The molecule has 0 radical (unpaired) electrons. The molecule has 132 valence electrons. The van der Waals surface area contributed by atoms with Crippen LogP contribution in [-0.2, 0) is 4.74 Å². The molecule has 1 saturated heterocycles. The van der Waals surface area contributed by atoms with Crippen LogP contribution in [-0.4, -0.2) is 51.7 Å². The predicted molar refractivity (Wildman–Crippen MR) is 90.1 cm³/mol. The van der Waals surface area contributed by atoms with Crippen molar-refractivity contribution in [1.29, 1.82) is 0 Å². The quantitative estimate of drug-likeness (QED) is 0.609. The lowest BCUT2D eigenvalue weighted by atomic mass is 10.1. The summed E-state index contributed by atoms with van der Waals surface area (Å²) in [4.78, 5) is 30.2. The Morgan fingerprint density at radius 3 is 2.46 bits per heavy atom. The average Bonchev–Trinajstić information content (AvgIpc) is 2.47. The first kappa shape index (κ1) is 18.0. The van der Waals surface area contributed by atoms with Crippen molar-refractivity contribution in [2.45, 2.75) is 52.3 Å². The Kier molecular flexibility index (Phi) is 4.96. The summed E-state index contributed by atoms with van der Waals surface area (Å²) in [7, 11) is 0. The van der Waals surface area contributed by atoms with Gasteiger partial charge in [-0.2, -0.15) is 0 Å². The largest absolute Gasteiger partial charge is 0.444 e. The number of nitro groups is 1. The minimum Gasteiger partial charge on any atom is -0.444 e. The van der Waals surface area contributed by atoms with Crippen LogP contribution in [0.25, 0.3) is 0 Å². The summed E-state index contributed by atoms with van der Waals surface area (Å²) in [6.07, 6.45) is 1.19. The lowest BCUT2D eigenvalue weighted by Gasteiger charge is -2.44. The molecule has 2 heterocycles. The Morgan fingerprint density at radius 1 is 1.29 bits per heavy atom. The van der Waals surface area contributed by atoms with Crippen LogP contribution < -0.4 is 4.90 Å². The lowest BCUT2D eigenvalue weighted by molar-refractivity contribution is -0.389. The Hall–Kier alpha value is -2.38. The van der Waals surface area contributed by atoms with Gasteiger partial charge in [-0.15, -0.1) is 0 Å². The van der Waals surface area contributed by atoms with E-state index in [2.05, 4.69) is 9.88 Å². The predicted octanol–water partition coefficient (Wildman–Crippen LogP) is 2.82. The van der Waals surface area contributed by atoms with E-state index >= 15 is 0 Å². The zero-order chi connectivity index (χ0) is 18.1. The number of rotatable bonds is 2. The Morgan fingerprint density at radius 2 is 1.96 bits per heavy atom. The number of carbonyl (C=O) groups is 1. The Balaban J connectivity index is 2.10. The second kappa shape index (κ2) is 6.62. The van der Waals surface area contributed by atoms with E-state index in [-0.39, 0.29) is 24.0 Å². The molecule has 8 heteroatoms. The molecule has 2 rings (SSSR count). The van der Waals surface area contributed by atoms with Crippen molar-refractivity contribution >= 4 is 17.6 Å². The highest BCUT2D eigenvalue weighted by Gasteiger charge is 2.35. The van der Waals surface area contributed by atoms with Crippen molar-refractivity contribution in [1.82, 2.24) is 9.88 Å². The first-order valence-electron chi connectivity index (χ1n) is 7.95. The standard InChI is InChI=1S/C16H24N4O4/c1-11-10-19(15(21)24-16(3,4)5)12(2)9-18(11)13-6-7-14(17-8-13)20(22)23/h6-8,11-12H,9-10H2,1-5H3/t11-,12?/m1/s1. The molecule has 0 N–H and O–H groups in total.